The molecular formula is C18H21N5O2. The first kappa shape index (κ1) is 16.9. The maximum absolute atomic E-state index is 11.7. The number of aliphatic hydroxyl groups is 1. The predicted molar refractivity (Wildman–Crippen MR) is 94.2 cm³/mol. The van der Waals surface area contributed by atoms with E-state index in [-0.39, 0.29) is 17.5 Å². The van der Waals surface area contributed by atoms with Crippen molar-refractivity contribution in [2.24, 2.45) is 16.6 Å². The number of carbonyl (C=O) groups is 1. The number of aliphatic imine (C=N–C) groups is 1. The molecule has 25 heavy (non-hydrogen) atoms. The zero-order chi connectivity index (χ0) is 18.0. The summed E-state index contributed by atoms with van der Waals surface area (Å²) >= 11 is 0. The van der Waals surface area contributed by atoms with Gasteiger partial charge in [0.1, 0.15) is 0 Å². The van der Waals surface area contributed by atoms with Gasteiger partial charge >= 0.3 is 0 Å². The van der Waals surface area contributed by atoms with E-state index in [0.717, 1.165) is 5.56 Å². The van der Waals surface area contributed by atoms with Gasteiger partial charge in [-0.1, -0.05) is 44.2 Å². The first-order valence-electron chi connectivity index (χ1n) is 8.09. The molecule has 2 atom stereocenters. The van der Waals surface area contributed by atoms with Crippen molar-refractivity contribution >= 4 is 11.9 Å². The average molecular weight is 339 g/mol. The minimum Gasteiger partial charge on any atom is -0.369 e. The van der Waals surface area contributed by atoms with Crippen molar-refractivity contribution in [3.63, 3.8) is 0 Å². The molecule has 1 aromatic heterocycles. The second kappa shape index (κ2) is 6.90. The highest BCUT2D eigenvalue weighted by atomic mass is 16.3. The second-order valence-electron chi connectivity index (χ2n) is 6.21. The number of aromatic nitrogens is 2. The molecule has 1 aliphatic heterocycles. The van der Waals surface area contributed by atoms with Gasteiger partial charge in [0, 0.05) is 18.6 Å². The molecule has 0 saturated heterocycles. The average Bonchev–Trinajstić information content (AvgIpc) is 3.11. The number of nitrogens with zero attached hydrogens (tertiary/aromatic N) is 4. The normalized spacial score (nSPS) is 18.7. The highest BCUT2D eigenvalue weighted by Gasteiger charge is 2.37. The van der Waals surface area contributed by atoms with Gasteiger partial charge in [0.15, 0.2) is 6.23 Å². The minimum atomic E-state index is -1.21. The van der Waals surface area contributed by atoms with E-state index in [9.17, 15) is 9.90 Å². The highest BCUT2D eigenvalue weighted by Crippen LogP contribution is 2.33. The van der Waals surface area contributed by atoms with E-state index in [1.165, 1.54) is 6.20 Å². The fraction of sp³-hybridized carbons (Fsp3) is 0.278. The zero-order valence-corrected chi connectivity index (χ0v) is 14.1. The number of hydrogen-bond acceptors (Lipinski definition) is 5. The minimum absolute atomic E-state index is 0.0532. The Morgan fingerprint density at radius 2 is 1.96 bits per heavy atom. The molecule has 0 aliphatic carbocycles. The van der Waals surface area contributed by atoms with Gasteiger partial charge in [-0.3, -0.25) is 4.79 Å². The number of benzene rings is 1. The number of aliphatic hydroxyl groups excluding tert-OH is 1. The number of nitrogens with two attached hydrogens (primary N) is 1. The summed E-state index contributed by atoms with van der Waals surface area (Å²) in [6, 6.07) is 11.3. The molecule has 130 valence electrons. The highest BCUT2D eigenvalue weighted by molar-refractivity contribution is 5.96. The molecule has 7 heteroatoms. The predicted octanol–water partition coefficient (Wildman–Crippen LogP) is 1.49. The molecule has 2 unspecified atom stereocenters. The van der Waals surface area contributed by atoms with E-state index in [0.29, 0.717) is 5.96 Å². The van der Waals surface area contributed by atoms with Gasteiger partial charge in [0.25, 0.3) is 5.91 Å². The summed E-state index contributed by atoms with van der Waals surface area (Å²) in [5.74, 6) is -0.133. The Labute approximate surface area is 146 Å². The van der Waals surface area contributed by atoms with Crippen LogP contribution in [0.4, 0.5) is 0 Å². The molecule has 0 fully saturated rings. The third-order valence-electron chi connectivity index (χ3n) is 4.16. The maximum Gasteiger partial charge on any atom is 0.250 e. The first-order valence-corrected chi connectivity index (χ1v) is 8.09. The van der Waals surface area contributed by atoms with E-state index < -0.39 is 12.1 Å². The molecule has 0 bridgehead atoms. The topological polar surface area (TPSA) is 96.7 Å². The van der Waals surface area contributed by atoms with Gasteiger partial charge in [-0.05, 0) is 17.5 Å². The van der Waals surface area contributed by atoms with Crippen LogP contribution in [0.1, 0.15) is 25.5 Å². The number of rotatable bonds is 4. The van der Waals surface area contributed by atoms with Crippen LogP contribution in [0.3, 0.4) is 0 Å². The van der Waals surface area contributed by atoms with Crippen molar-refractivity contribution in [3.05, 3.63) is 66.1 Å². The van der Waals surface area contributed by atoms with E-state index in [1.54, 1.807) is 28.0 Å². The van der Waals surface area contributed by atoms with Gasteiger partial charge in [-0.25, -0.2) is 9.67 Å². The molecule has 0 saturated carbocycles. The fourth-order valence-electron chi connectivity index (χ4n) is 3.07. The lowest BCUT2D eigenvalue weighted by molar-refractivity contribution is -0.116. The van der Waals surface area contributed by atoms with Crippen LogP contribution in [-0.2, 0) is 4.79 Å². The van der Waals surface area contributed by atoms with Gasteiger partial charge in [-0.2, -0.15) is 5.10 Å². The molecule has 1 aromatic carbocycles. The van der Waals surface area contributed by atoms with Crippen LogP contribution < -0.4 is 5.73 Å². The lowest BCUT2D eigenvalue weighted by atomic mass is 9.93. The van der Waals surface area contributed by atoms with Crippen molar-refractivity contribution in [2.45, 2.75) is 26.1 Å². The van der Waals surface area contributed by atoms with Crippen molar-refractivity contribution in [1.82, 2.24) is 14.7 Å². The third-order valence-corrected chi connectivity index (χ3v) is 4.16. The van der Waals surface area contributed by atoms with Gasteiger partial charge < -0.3 is 15.7 Å². The summed E-state index contributed by atoms with van der Waals surface area (Å²) in [6.07, 6.45) is 3.47. The van der Waals surface area contributed by atoms with Crippen molar-refractivity contribution in [2.75, 3.05) is 0 Å². The van der Waals surface area contributed by atoms with Crippen molar-refractivity contribution < 1.29 is 9.90 Å². The Balaban J connectivity index is 2.13. The molecule has 1 amide bonds. The summed E-state index contributed by atoms with van der Waals surface area (Å²) in [6.45, 7) is 4.10. The quantitative estimate of drug-likeness (QED) is 0.882. The number of primary amides is 1. The summed E-state index contributed by atoms with van der Waals surface area (Å²) in [7, 11) is 0. The second-order valence-corrected chi connectivity index (χ2v) is 6.21. The molecule has 2 aromatic rings. The largest absolute Gasteiger partial charge is 0.369 e. The number of carbonyl (C=O) groups excluding carboxylic acids is 1. The summed E-state index contributed by atoms with van der Waals surface area (Å²) in [5, 5.41) is 15.1. The lowest BCUT2D eigenvalue weighted by Gasteiger charge is -2.41. The third kappa shape index (κ3) is 3.18. The maximum atomic E-state index is 11.7. The Kier molecular flexibility index (Phi) is 4.67. The van der Waals surface area contributed by atoms with Crippen molar-refractivity contribution in [3.8, 4) is 0 Å². The van der Waals surface area contributed by atoms with Crippen LogP contribution >= 0.6 is 0 Å². The SMILES string of the molecule is CC(C)C(c1ccccc1)N1C(n2cccn2)=NC=C(C(N)=O)C1O. The number of amides is 1. The van der Waals surface area contributed by atoms with E-state index in [2.05, 4.69) is 10.1 Å². The molecule has 1 aliphatic rings. The fourth-order valence-corrected chi connectivity index (χ4v) is 3.07. The molecule has 2 heterocycles. The van der Waals surface area contributed by atoms with Crippen LogP contribution in [0.2, 0.25) is 0 Å². The zero-order valence-electron chi connectivity index (χ0n) is 14.1. The van der Waals surface area contributed by atoms with E-state index in [1.807, 2.05) is 44.2 Å². The molecule has 3 N–H and O–H groups in total. The Morgan fingerprint density at radius 1 is 1.24 bits per heavy atom. The van der Waals surface area contributed by atoms with E-state index in [4.69, 9.17) is 5.73 Å². The standard InChI is InChI=1S/C18H21N5O2/c1-12(2)15(13-7-4-3-5-8-13)23-17(25)14(16(19)24)11-20-18(23)22-10-6-9-21-22/h3-12,15,17,25H,1-2H3,(H2,19,24). The van der Waals surface area contributed by atoms with Crippen LogP contribution in [-0.4, -0.2) is 37.9 Å². The van der Waals surface area contributed by atoms with Gasteiger partial charge in [0.05, 0.1) is 11.6 Å². The molecular weight excluding hydrogens is 318 g/mol. The molecule has 0 radical (unpaired) electrons. The number of hydrogen-bond donors (Lipinski definition) is 2. The van der Waals surface area contributed by atoms with Crippen LogP contribution in [0.25, 0.3) is 0 Å². The molecule has 3 rings (SSSR count). The first-order chi connectivity index (χ1) is 12.0. The molecule has 7 nitrogen and oxygen atoms in total. The Bertz CT molecular complexity index is 796. The Morgan fingerprint density at radius 3 is 2.52 bits per heavy atom. The lowest BCUT2D eigenvalue weighted by Crippen LogP contribution is -2.51. The summed E-state index contributed by atoms with van der Waals surface area (Å²) < 4.78 is 1.57. The molecule has 0 spiro atoms. The van der Waals surface area contributed by atoms with Crippen molar-refractivity contribution in [1.29, 1.82) is 0 Å². The summed E-state index contributed by atoms with van der Waals surface area (Å²) in [4.78, 5) is 17.8. The monoisotopic (exact) mass is 339 g/mol. The van der Waals surface area contributed by atoms with Gasteiger partial charge in [0.2, 0.25) is 5.96 Å². The van der Waals surface area contributed by atoms with Gasteiger partial charge in [-0.15, -0.1) is 0 Å². The van der Waals surface area contributed by atoms with Crippen LogP contribution in [0, 0.1) is 5.92 Å². The summed E-state index contributed by atoms with van der Waals surface area (Å²) in [5.41, 5.74) is 6.47. The van der Waals surface area contributed by atoms with Crippen LogP contribution in [0.15, 0.2) is 65.6 Å². The Hall–Kier alpha value is -2.93. The smallest absolute Gasteiger partial charge is 0.250 e. The van der Waals surface area contributed by atoms with E-state index >= 15 is 0 Å². The van der Waals surface area contributed by atoms with Crippen LogP contribution in [0.5, 0.6) is 0 Å².